The second kappa shape index (κ2) is 13.7. The molecule has 0 aliphatic rings. The summed E-state index contributed by atoms with van der Waals surface area (Å²) < 4.78 is 0. The maximum Gasteiger partial charge on any atom is 0.129 e. The molecule has 0 unspecified atom stereocenters. The standard InChI is InChI=1S/C43H33N2O.Pt/c1-43(2,36-20-10-5-11-21-36)38-23-13-22-37(42(38)46)41-29-35(31-16-8-4-9-17-31)28-40(45-41)34-19-12-18-33(26-34)39-27-32(24-25-44-39)30-14-6-3-7-15-30;/h3-25,27-29,46H,1-2H3;/q-1;. The Morgan fingerprint density at radius 3 is 1.77 bits per heavy atom. The van der Waals surface area contributed by atoms with E-state index in [4.69, 9.17) is 4.98 Å². The van der Waals surface area contributed by atoms with Gasteiger partial charge < -0.3 is 5.11 Å². The number of nitrogens with zero attached hydrogens (tertiary/aromatic N) is 2. The maximum absolute atomic E-state index is 11.8. The number of hydrogen-bond donors (Lipinski definition) is 1. The fourth-order valence-corrected chi connectivity index (χ4v) is 6.02. The van der Waals surface area contributed by atoms with Gasteiger partial charge in [0.1, 0.15) is 5.75 Å². The molecule has 232 valence electrons. The molecular formula is C43H33N2OPt-. The predicted octanol–water partition coefficient (Wildman–Crippen LogP) is 10.6. The van der Waals surface area contributed by atoms with Crippen molar-refractivity contribution in [2.24, 2.45) is 0 Å². The minimum atomic E-state index is -0.412. The summed E-state index contributed by atoms with van der Waals surface area (Å²) in [5.41, 5.74) is 10.6. The maximum atomic E-state index is 11.8. The quantitative estimate of drug-likeness (QED) is 0.164. The minimum absolute atomic E-state index is 0. The summed E-state index contributed by atoms with van der Waals surface area (Å²) in [4.78, 5) is 9.83. The molecule has 0 saturated carbocycles. The Bertz CT molecular complexity index is 2130. The summed E-state index contributed by atoms with van der Waals surface area (Å²) in [7, 11) is 0. The average Bonchev–Trinajstić information content (AvgIpc) is 3.12. The number of phenols is 1. The molecule has 47 heavy (non-hydrogen) atoms. The van der Waals surface area contributed by atoms with Gasteiger partial charge in [0.15, 0.2) is 0 Å². The fourth-order valence-electron chi connectivity index (χ4n) is 6.02. The predicted molar refractivity (Wildman–Crippen MR) is 188 cm³/mol. The zero-order valence-corrected chi connectivity index (χ0v) is 28.4. The van der Waals surface area contributed by atoms with Gasteiger partial charge in [0.05, 0.1) is 5.69 Å². The van der Waals surface area contributed by atoms with E-state index in [0.29, 0.717) is 11.3 Å². The van der Waals surface area contributed by atoms with Crippen LogP contribution in [0.25, 0.3) is 56.0 Å². The Balaban J connectivity index is 0.00000386. The van der Waals surface area contributed by atoms with Crippen molar-refractivity contribution in [3.8, 4) is 61.8 Å². The van der Waals surface area contributed by atoms with Gasteiger partial charge in [-0.1, -0.05) is 140 Å². The van der Waals surface area contributed by atoms with E-state index >= 15 is 0 Å². The fraction of sp³-hybridized carbons (Fsp3) is 0.0698. The van der Waals surface area contributed by atoms with Gasteiger partial charge in [-0.3, -0.25) is 9.97 Å². The Morgan fingerprint density at radius 1 is 0.532 bits per heavy atom. The Hall–Kier alpha value is -5.11. The first-order valence-corrected chi connectivity index (χ1v) is 15.5. The van der Waals surface area contributed by atoms with E-state index < -0.39 is 5.41 Å². The van der Waals surface area contributed by atoms with Crippen LogP contribution in [-0.2, 0) is 26.5 Å². The van der Waals surface area contributed by atoms with Crippen LogP contribution in [0.1, 0.15) is 25.0 Å². The molecule has 0 aliphatic heterocycles. The molecule has 0 amide bonds. The van der Waals surface area contributed by atoms with Crippen molar-refractivity contribution in [2.75, 3.05) is 0 Å². The van der Waals surface area contributed by atoms with Crippen LogP contribution >= 0.6 is 0 Å². The van der Waals surface area contributed by atoms with E-state index in [1.54, 1.807) is 0 Å². The van der Waals surface area contributed by atoms with Crippen molar-refractivity contribution >= 4 is 0 Å². The average molecular weight is 789 g/mol. The molecule has 7 rings (SSSR count). The van der Waals surface area contributed by atoms with Crippen LogP contribution in [0.15, 0.2) is 158 Å². The van der Waals surface area contributed by atoms with E-state index in [9.17, 15) is 5.11 Å². The summed E-state index contributed by atoms with van der Waals surface area (Å²) in [5.74, 6) is 0.236. The van der Waals surface area contributed by atoms with Crippen LogP contribution in [0.5, 0.6) is 5.75 Å². The van der Waals surface area contributed by atoms with Crippen LogP contribution in [0.3, 0.4) is 0 Å². The van der Waals surface area contributed by atoms with Gasteiger partial charge >= 0.3 is 0 Å². The summed E-state index contributed by atoms with van der Waals surface area (Å²) in [6.07, 6.45) is 1.84. The van der Waals surface area contributed by atoms with Crippen LogP contribution in [-0.4, -0.2) is 15.1 Å². The zero-order valence-electron chi connectivity index (χ0n) is 26.2. The molecule has 0 spiro atoms. The van der Waals surface area contributed by atoms with Crippen LogP contribution in [0.4, 0.5) is 0 Å². The second-order valence-electron chi connectivity index (χ2n) is 12.0. The summed E-state index contributed by atoms with van der Waals surface area (Å²) >= 11 is 0. The molecule has 4 heteroatoms. The van der Waals surface area contributed by atoms with Gasteiger partial charge in [-0.15, -0.1) is 24.3 Å². The first-order valence-electron chi connectivity index (χ1n) is 15.5. The number of aromatic hydroxyl groups is 1. The molecule has 1 N–H and O–H groups in total. The first kappa shape index (κ1) is 31.9. The molecule has 0 bridgehead atoms. The molecule has 0 atom stereocenters. The molecular weight excluding hydrogens is 756 g/mol. The van der Waals surface area contributed by atoms with E-state index in [0.717, 1.165) is 55.9 Å². The van der Waals surface area contributed by atoms with Gasteiger partial charge in [0, 0.05) is 55.2 Å². The second-order valence-corrected chi connectivity index (χ2v) is 12.0. The third kappa shape index (κ3) is 6.59. The monoisotopic (exact) mass is 788 g/mol. The molecule has 0 saturated heterocycles. The Kier molecular flexibility index (Phi) is 9.29. The van der Waals surface area contributed by atoms with Crippen molar-refractivity contribution < 1.29 is 26.2 Å². The van der Waals surface area contributed by atoms with Crippen molar-refractivity contribution in [3.63, 3.8) is 0 Å². The van der Waals surface area contributed by atoms with E-state index in [1.807, 2.05) is 103 Å². The number of benzene rings is 5. The van der Waals surface area contributed by atoms with Gasteiger partial charge in [-0.25, -0.2) is 0 Å². The molecule has 7 aromatic rings. The SMILES string of the molecule is CC(C)(c1ccccc1)c1cccc(-c2cc(-c3ccccc3)cc(-c3[c-]c(-c4cc(-c5ccccc5)ccn4)ccc3)n2)c1O.[Pt]. The van der Waals surface area contributed by atoms with E-state index in [-0.39, 0.29) is 26.8 Å². The van der Waals surface area contributed by atoms with Crippen molar-refractivity contribution in [3.05, 3.63) is 175 Å². The van der Waals surface area contributed by atoms with Crippen molar-refractivity contribution in [1.29, 1.82) is 0 Å². The molecule has 5 aromatic carbocycles. The number of pyridine rings is 2. The molecule has 2 heterocycles. The molecule has 0 fully saturated rings. The number of para-hydroxylation sites is 1. The number of aromatic nitrogens is 2. The van der Waals surface area contributed by atoms with Gasteiger partial charge in [-0.05, 0) is 46.0 Å². The normalized spacial score (nSPS) is 11.1. The topological polar surface area (TPSA) is 46.0 Å². The Labute approximate surface area is 290 Å². The summed E-state index contributed by atoms with van der Waals surface area (Å²) in [5, 5.41) is 11.8. The van der Waals surface area contributed by atoms with Crippen molar-refractivity contribution in [2.45, 2.75) is 19.3 Å². The van der Waals surface area contributed by atoms with Gasteiger partial charge in [0.2, 0.25) is 0 Å². The van der Waals surface area contributed by atoms with E-state index in [2.05, 4.69) is 79.5 Å². The molecule has 3 nitrogen and oxygen atoms in total. The number of rotatable bonds is 7. The van der Waals surface area contributed by atoms with Gasteiger partial charge in [0.25, 0.3) is 0 Å². The van der Waals surface area contributed by atoms with E-state index in [1.165, 1.54) is 0 Å². The molecule has 0 radical (unpaired) electrons. The smallest absolute Gasteiger partial charge is 0.129 e. The third-order valence-electron chi connectivity index (χ3n) is 8.63. The first-order chi connectivity index (χ1) is 22.5. The zero-order chi connectivity index (χ0) is 31.5. The molecule has 0 aliphatic carbocycles. The summed E-state index contributed by atoms with van der Waals surface area (Å²) in [6, 6.07) is 54.8. The largest absolute Gasteiger partial charge is 0.507 e. The molecule has 2 aromatic heterocycles. The van der Waals surface area contributed by atoms with Crippen LogP contribution in [0.2, 0.25) is 0 Å². The third-order valence-corrected chi connectivity index (χ3v) is 8.63. The minimum Gasteiger partial charge on any atom is -0.507 e. The Morgan fingerprint density at radius 2 is 1.09 bits per heavy atom. The van der Waals surface area contributed by atoms with Crippen molar-refractivity contribution in [1.82, 2.24) is 9.97 Å². The van der Waals surface area contributed by atoms with Gasteiger partial charge in [-0.2, -0.15) is 0 Å². The van der Waals surface area contributed by atoms with Crippen LogP contribution < -0.4 is 0 Å². The summed E-state index contributed by atoms with van der Waals surface area (Å²) in [6.45, 7) is 4.28. The van der Waals surface area contributed by atoms with Crippen LogP contribution in [0, 0.1) is 6.07 Å². The number of hydrogen-bond acceptors (Lipinski definition) is 3. The number of phenolic OH excluding ortho intramolecular Hbond substituents is 1.